The minimum atomic E-state index is -0.569. The molecule has 0 spiro atoms. The second kappa shape index (κ2) is 9.63. The van der Waals surface area contributed by atoms with E-state index in [4.69, 9.17) is 4.74 Å². The molecule has 9 heteroatoms. The molecule has 5 rings (SSSR count). The molecule has 8 nitrogen and oxygen atoms in total. The summed E-state index contributed by atoms with van der Waals surface area (Å²) in [5.41, 5.74) is 3.44. The Morgan fingerprint density at radius 3 is 2.33 bits per heavy atom. The summed E-state index contributed by atoms with van der Waals surface area (Å²) >= 11 is 1.27. The molecule has 36 heavy (non-hydrogen) atoms. The molecule has 0 unspecified atom stereocenters. The molecule has 0 fully saturated rings. The van der Waals surface area contributed by atoms with Crippen molar-refractivity contribution >= 4 is 51.6 Å². The van der Waals surface area contributed by atoms with Gasteiger partial charge >= 0.3 is 5.97 Å². The van der Waals surface area contributed by atoms with Crippen LogP contribution in [-0.2, 0) is 14.3 Å². The molecule has 178 valence electrons. The number of non-ortho nitro benzene ring substituents is 1. The average Bonchev–Trinajstić information content (AvgIpc) is 2.89. The van der Waals surface area contributed by atoms with Gasteiger partial charge in [0.2, 0.25) is 0 Å². The number of carbonyl (C=O) groups is 3. The van der Waals surface area contributed by atoms with E-state index < -0.39 is 23.4 Å². The predicted molar refractivity (Wildman–Crippen MR) is 136 cm³/mol. The molecule has 0 aliphatic heterocycles. The zero-order valence-corrected chi connectivity index (χ0v) is 19.5. The average molecular weight is 499 g/mol. The first-order valence-electron chi connectivity index (χ1n) is 10.9. The van der Waals surface area contributed by atoms with Gasteiger partial charge in [-0.15, -0.1) is 11.8 Å². The molecular formula is C27H18N2O6S. The standard InChI is InChI=1S/C27H18N2O6S/c30-24(28-16-8-10-17(11-9-16)29(33)34)14-35-25(31)15-36-23-13-12-19-18-4-1-2-5-20(18)27(32)22-7-3-6-21(23)26(19)22/h1-13H,14-15H2,(H,28,30). The van der Waals surface area contributed by atoms with Gasteiger partial charge in [0.1, 0.15) is 0 Å². The molecule has 0 saturated heterocycles. The molecule has 4 aromatic rings. The maximum absolute atomic E-state index is 13.0. The van der Waals surface area contributed by atoms with Crippen molar-refractivity contribution in [1.29, 1.82) is 0 Å². The molecule has 1 N–H and O–H groups in total. The molecule has 0 bridgehead atoms. The summed E-state index contributed by atoms with van der Waals surface area (Å²) in [6, 6.07) is 22.3. The number of thioether (sulfide) groups is 1. The Labute approximate surface area is 209 Å². The van der Waals surface area contributed by atoms with E-state index in [0.29, 0.717) is 16.8 Å². The van der Waals surface area contributed by atoms with Gasteiger partial charge in [0.25, 0.3) is 11.6 Å². The third-order valence-electron chi connectivity index (χ3n) is 5.78. The summed E-state index contributed by atoms with van der Waals surface area (Å²) in [7, 11) is 0. The number of benzene rings is 4. The third-order valence-corrected chi connectivity index (χ3v) is 6.83. The van der Waals surface area contributed by atoms with Crippen LogP contribution in [-0.4, -0.2) is 34.9 Å². The highest BCUT2D eigenvalue weighted by atomic mass is 32.2. The zero-order valence-electron chi connectivity index (χ0n) is 18.7. The van der Waals surface area contributed by atoms with Crippen molar-refractivity contribution in [2.24, 2.45) is 0 Å². The van der Waals surface area contributed by atoms with Crippen LogP contribution >= 0.6 is 11.8 Å². The molecule has 1 amide bonds. The van der Waals surface area contributed by atoms with E-state index in [1.807, 2.05) is 54.6 Å². The highest BCUT2D eigenvalue weighted by Crippen LogP contribution is 2.42. The van der Waals surface area contributed by atoms with Gasteiger partial charge in [-0.05, 0) is 34.7 Å². The molecule has 0 heterocycles. The molecule has 0 aromatic heterocycles. The van der Waals surface area contributed by atoms with Crippen molar-refractivity contribution in [3.8, 4) is 11.1 Å². The number of nitro groups is 1. The van der Waals surface area contributed by atoms with Gasteiger partial charge < -0.3 is 10.1 Å². The van der Waals surface area contributed by atoms with E-state index in [1.165, 1.54) is 36.0 Å². The van der Waals surface area contributed by atoms with Crippen LogP contribution in [0.2, 0.25) is 0 Å². The maximum Gasteiger partial charge on any atom is 0.316 e. The molecule has 0 atom stereocenters. The number of ether oxygens (including phenoxy) is 1. The van der Waals surface area contributed by atoms with Gasteiger partial charge in [0, 0.05) is 39.2 Å². The Hall–Kier alpha value is -4.50. The quantitative estimate of drug-likeness (QED) is 0.141. The predicted octanol–water partition coefficient (Wildman–Crippen LogP) is 5.23. The van der Waals surface area contributed by atoms with Crippen molar-refractivity contribution < 1.29 is 24.0 Å². The largest absolute Gasteiger partial charge is 0.455 e. The lowest BCUT2D eigenvalue weighted by Crippen LogP contribution is -2.21. The number of esters is 1. The molecular weight excluding hydrogens is 480 g/mol. The fourth-order valence-electron chi connectivity index (χ4n) is 4.17. The van der Waals surface area contributed by atoms with Crippen LogP contribution < -0.4 is 5.32 Å². The summed E-state index contributed by atoms with van der Waals surface area (Å²) < 4.78 is 5.08. The zero-order chi connectivity index (χ0) is 25.2. The van der Waals surface area contributed by atoms with Crippen LogP contribution in [0.1, 0.15) is 15.9 Å². The van der Waals surface area contributed by atoms with Gasteiger partial charge in [0.15, 0.2) is 12.4 Å². The van der Waals surface area contributed by atoms with Crippen molar-refractivity contribution in [3.05, 3.63) is 100 Å². The van der Waals surface area contributed by atoms with Gasteiger partial charge in [0.05, 0.1) is 10.7 Å². The highest BCUT2D eigenvalue weighted by Gasteiger charge is 2.25. The monoisotopic (exact) mass is 498 g/mol. The van der Waals surface area contributed by atoms with Crippen LogP contribution in [0.4, 0.5) is 11.4 Å². The first-order valence-corrected chi connectivity index (χ1v) is 11.9. The van der Waals surface area contributed by atoms with Crippen molar-refractivity contribution in [1.82, 2.24) is 0 Å². The lowest BCUT2D eigenvalue weighted by molar-refractivity contribution is -0.384. The van der Waals surface area contributed by atoms with Crippen LogP contribution in [0.3, 0.4) is 0 Å². The first-order chi connectivity index (χ1) is 17.4. The molecule has 1 aliphatic rings. The number of carbonyl (C=O) groups excluding carboxylic acids is 3. The third kappa shape index (κ3) is 4.44. The Balaban J connectivity index is 1.24. The normalized spacial score (nSPS) is 11.6. The second-order valence-electron chi connectivity index (χ2n) is 8.02. The van der Waals surface area contributed by atoms with E-state index in [2.05, 4.69) is 5.32 Å². The SMILES string of the molecule is O=C(COC(=O)CSc1ccc2c3c(cccc13)C(=O)c1ccccc1-2)Nc1ccc([N+](=O)[O-])cc1. The number of hydrogen-bond acceptors (Lipinski definition) is 7. The number of anilines is 1. The number of nitro benzene ring substituents is 1. The van der Waals surface area contributed by atoms with E-state index in [9.17, 15) is 24.5 Å². The minimum absolute atomic E-state index is 0.0198. The first kappa shape index (κ1) is 23.3. The number of fused-ring (bicyclic) bond motifs is 2. The van der Waals surface area contributed by atoms with Gasteiger partial charge in [-0.25, -0.2) is 0 Å². The van der Waals surface area contributed by atoms with Crippen molar-refractivity contribution in [2.75, 3.05) is 17.7 Å². The van der Waals surface area contributed by atoms with Crippen LogP contribution in [0, 0.1) is 10.1 Å². The topological polar surface area (TPSA) is 116 Å². The minimum Gasteiger partial charge on any atom is -0.455 e. The smallest absolute Gasteiger partial charge is 0.316 e. The van der Waals surface area contributed by atoms with Gasteiger partial charge in [-0.3, -0.25) is 24.5 Å². The molecule has 4 aromatic carbocycles. The Bertz CT molecular complexity index is 1550. The summed E-state index contributed by atoms with van der Waals surface area (Å²) in [6.45, 7) is -0.481. The van der Waals surface area contributed by atoms with E-state index in [0.717, 1.165) is 26.8 Å². The number of nitrogens with one attached hydrogen (secondary N) is 1. The Morgan fingerprint density at radius 1 is 0.861 bits per heavy atom. The Morgan fingerprint density at radius 2 is 1.58 bits per heavy atom. The number of amides is 1. The lowest BCUT2D eigenvalue weighted by atomic mass is 9.83. The summed E-state index contributed by atoms with van der Waals surface area (Å²) in [5, 5.41) is 15.0. The highest BCUT2D eigenvalue weighted by molar-refractivity contribution is 8.00. The fraction of sp³-hybridized carbons (Fsp3) is 0.0741. The molecule has 0 saturated carbocycles. The number of ketones is 1. The summed E-state index contributed by atoms with van der Waals surface area (Å²) in [6.07, 6.45) is 0. The van der Waals surface area contributed by atoms with Gasteiger partial charge in [-0.2, -0.15) is 0 Å². The lowest BCUT2D eigenvalue weighted by Gasteiger charge is -2.21. The van der Waals surface area contributed by atoms with Crippen molar-refractivity contribution in [2.45, 2.75) is 4.90 Å². The molecule has 1 aliphatic carbocycles. The van der Waals surface area contributed by atoms with Crippen LogP contribution in [0.25, 0.3) is 21.9 Å². The fourth-order valence-corrected chi connectivity index (χ4v) is 5.02. The van der Waals surface area contributed by atoms with Crippen LogP contribution in [0.15, 0.2) is 83.8 Å². The van der Waals surface area contributed by atoms with Crippen LogP contribution in [0.5, 0.6) is 0 Å². The number of rotatable bonds is 7. The maximum atomic E-state index is 13.0. The Kier molecular flexibility index (Phi) is 6.22. The summed E-state index contributed by atoms with van der Waals surface area (Å²) in [4.78, 5) is 48.4. The van der Waals surface area contributed by atoms with E-state index in [-0.39, 0.29) is 17.2 Å². The number of nitrogens with zero attached hydrogens (tertiary/aromatic N) is 1. The summed E-state index contributed by atoms with van der Waals surface area (Å²) in [5.74, 6) is -1.17. The second-order valence-corrected chi connectivity index (χ2v) is 9.03. The van der Waals surface area contributed by atoms with E-state index >= 15 is 0 Å². The van der Waals surface area contributed by atoms with Gasteiger partial charge in [-0.1, -0.05) is 48.5 Å². The van der Waals surface area contributed by atoms with E-state index in [1.54, 1.807) is 0 Å². The van der Waals surface area contributed by atoms with Crippen molar-refractivity contribution in [3.63, 3.8) is 0 Å². The molecule has 0 radical (unpaired) electrons. The number of hydrogen-bond donors (Lipinski definition) is 1.